The maximum Gasteiger partial charge on any atom is 0.166 e. The molecule has 4 rings (SSSR count). The Balaban J connectivity index is 1.90. The average Bonchev–Trinajstić information content (AvgIpc) is 2.55. The van der Waals surface area contributed by atoms with Crippen LogP contribution in [0.1, 0.15) is 18.2 Å². The summed E-state index contributed by atoms with van der Waals surface area (Å²) < 4.78 is 6.14. The van der Waals surface area contributed by atoms with Crippen LogP contribution in [-0.4, -0.2) is 60.7 Å². The first kappa shape index (κ1) is 15.8. The van der Waals surface area contributed by atoms with E-state index in [0.29, 0.717) is 23.7 Å². The summed E-state index contributed by atoms with van der Waals surface area (Å²) in [7, 11) is 4.16. The molecule has 0 bridgehead atoms. The summed E-state index contributed by atoms with van der Waals surface area (Å²) in [5.41, 5.74) is 4.80. The van der Waals surface area contributed by atoms with Crippen LogP contribution in [0.5, 0.6) is 0 Å². The molecule has 4 heterocycles. The van der Waals surface area contributed by atoms with Crippen molar-refractivity contribution >= 4 is 23.0 Å². The lowest BCUT2D eigenvalue weighted by Gasteiger charge is -2.50. The lowest BCUT2D eigenvalue weighted by molar-refractivity contribution is 0.0281. The van der Waals surface area contributed by atoms with Gasteiger partial charge in [0, 0.05) is 37.9 Å². The van der Waals surface area contributed by atoms with Crippen molar-refractivity contribution in [2.24, 2.45) is 0 Å². The highest BCUT2D eigenvalue weighted by atomic mass is 35.5. The van der Waals surface area contributed by atoms with Crippen molar-refractivity contribution < 1.29 is 4.74 Å². The second kappa shape index (κ2) is 5.39. The van der Waals surface area contributed by atoms with Gasteiger partial charge in [0.05, 0.1) is 33.8 Å². The summed E-state index contributed by atoms with van der Waals surface area (Å²) in [4.78, 5) is 11.4. The molecule has 0 amide bonds. The van der Waals surface area contributed by atoms with Crippen LogP contribution in [-0.2, 0) is 4.74 Å². The third kappa shape index (κ3) is 2.07. The fourth-order valence-corrected chi connectivity index (χ4v) is 4.11. The molecule has 2 unspecified atom stereocenters. The lowest BCUT2D eigenvalue weighted by atomic mass is 9.96. The molecule has 1 aromatic rings. The maximum atomic E-state index is 6.59. The molecule has 0 N–H and O–H groups in total. The molecule has 3 aliphatic rings. The van der Waals surface area contributed by atoms with E-state index in [2.05, 4.69) is 35.3 Å². The molecule has 6 heteroatoms. The normalized spacial score (nSPS) is 26.8. The lowest BCUT2D eigenvalue weighted by Crippen LogP contribution is -2.58. The van der Waals surface area contributed by atoms with Gasteiger partial charge in [0.1, 0.15) is 6.61 Å². The van der Waals surface area contributed by atoms with Crippen molar-refractivity contribution in [3.05, 3.63) is 40.5 Å². The molecule has 3 aliphatic heterocycles. The summed E-state index contributed by atoms with van der Waals surface area (Å²) in [5, 5.41) is 0.687. The molecule has 0 spiro atoms. The van der Waals surface area contributed by atoms with Crippen molar-refractivity contribution in [2.45, 2.75) is 25.9 Å². The topological polar surface area (TPSA) is 31.8 Å². The van der Waals surface area contributed by atoms with E-state index in [9.17, 15) is 0 Å². The van der Waals surface area contributed by atoms with Crippen molar-refractivity contribution in [3.63, 3.8) is 0 Å². The van der Waals surface area contributed by atoms with Crippen LogP contribution < -0.4 is 4.90 Å². The summed E-state index contributed by atoms with van der Waals surface area (Å²) in [5.74, 6) is 0.861. The first-order valence-corrected chi connectivity index (χ1v) is 8.70. The van der Waals surface area contributed by atoms with Crippen LogP contribution in [0, 0.1) is 6.92 Å². The third-order valence-electron chi connectivity index (χ3n) is 5.50. The fourth-order valence-electron chi connectivity index (χ4n) is 3.83. The highest BCUT2D eigenvalue weighted by Crippen LogP contribution is 2.47. The highest BCUT2D eigenvalue weighted by molar-refractivity contribution is 6.34. The van der Waals surface area contributed by atoms with E-state index in [0.717, 1.165) is 47.2 Å². The van der Waals surface area contributed by atoms with Gasteiger partial charge in [-0.05, 0) is 20.9 Å². The van der Waals surface area contributed by atoms with Crippen molar-refractivity contribution in [1.82, 2.24) is 14.8 Å². The summed E-state index contributed by atoms with van der Waals surface area (Å²) >= 11 is 6.59. The number of hydrogen-bond donors (Lipinski definition) is 0. The molecular weight excluding hydrogens is 324 g/mol. The average molecular weight is 347 g/mol. The zero-order valence-electron chi connectivity index (χ0n) is 14.6. The number of halogens is 1. The number of aromatic nitrogens is 1. The molecule has 128 valence electrons. The quantitative estimate of drug-likeness (QED) is 0.721. The van der Waals surface area contributed by atoms with Gasteiger partial charge in [-0.2, -0.15) is 0 Å². The van der Waals surface area contributed by atoms with Gasteiger partial charge >= 0.3 is 0 Å². The number of likely N-dealkylation sites (N-methyl/N-ethyl adjacent to an activating group) is 2. The number of pyridine rings is 1. The Morgan fingerprint density at radius 1 is 1.33 bits per heavy atom. The number of aryl methyl sites for hydroxylation is 1. The Kier molecular flexibility index (Phi) is 3.55. The Labute approximate surface area is 148 Å². The van der Waals surface area contributed by atoms with Gasteiger partial charge in [0.25, 0.3) is 0 Å². The smallest absolute Gasteiger partial charge is 0.166 e. The molecule has 1 saturated heterocycles. The second-order valence-corrected chi connectivity index (χ2v) is 7.39. The van der Waals surface area contributed by atoms with E-state index in [1.165, 1.54) is 0 Å². The van der Waals surface area contributed by atoms with E-state index in [4.69, 9.17) is 16.3 Å². The molecule has 0 saturated carbocycles. The van der Waals surface area contributed by atoms with Crippen molar-refractivity contribution in [1.29, 1.82) is 0 Å². The number of nitrogens with zero attached hydrogens (tertiary/aromatic N) is 4. The number of ether oxygens (including phenoxy) is 1. The Bertz CT molecular complexity index is 760. The van der Waals surface area contributed by atoms with Crippen LogP contribution >= 0.6 is 11.6 Å². The fraction of sp³-hybridized carbons (Fsp3) is 0.500. The summed E-state index contributed by atoms with van der Waals surface area (Å²) in [6.45, 7) is 11.1. The molecule has 24 heavy (non-hydrogen) atoms. The Morgan fingerprint density at radius 2 is 2.08 bits per heavy atom. The molecule has 5 nitrogen and oxygen atoms in total. The van der Waals surface area contributed by atoms with Crippen LogP contribution in [0.3, 0.4) is 0 Å². The van der Waals surface area contributed by atoms with Gasteiger partial charge in [-0.25, -0.2) is 0 Å². The Hall–Kier alpha value is -1.72. The highest BCUT2D eigenvalue weighted by Gasteiger charge is 2.41. The molecule has 0 aliphatic carbocycles. The second-order valence-electron chi connectivity index (χ2n) is 7.01. The van der Waals surface area contributed by atoms with Crippen LogP contribution in [0.4, 0.5) is 5.69 Å². The van der Waals surface area contributed by atoms with E-state index in [1.54, 1.807) is 0 Å². The largest absolute Gasteiger partial charge is 0.487 e. The zero-order valence-corrected chi connectivity index (χ0v) is 15.4. The predicted octanol–water partition coefficient (Wildman–Crippen LogP) is 2.71. The maximum absolute atomic E-state index is 6.59. The van der Waals surface area contributed by atoms with E-state index >= 15 is 0 Å². The number of anilines is 1. The minimum absolute atomic E-state index is 0.342. The van der Waals surface area contributed by atoms with Gasteiger partial charge in [-0.1, -0.05) is 18.2 Å². The SMILES string of the molecule is C=C1C2=C(c3cnc(C)c(Cl)c3N1C)N1CC(C)N(C)CC1CO2. The first-order valence-electron chi connectivity index (χ1n) is 8.32. The van der Waals surface area contributed by atoms with Gasteiger partial charge in [-0.3, -0.25) is 9.88 Å². The van der Waals surface area contributed by atoms with E-state index in [-0.39, 0.29) is 0 Å². The minimum Gasteiger partial charge on any atom is -0.487 e. The van der Waals surface area contributed by atoms with Crippen LogP contribution in [0.15, 0.2) is 24.2 Å². The van der Waals surface area contributed by atoms with E-state index in [1.807, 2.05) is 25.1 Å². The van der Waals surface area contributed by atoms with Crippen LogP contribution in [0.25, 0.3) is 5.70 Å². The van der Waals surface area contributed by atoms with Crippen molar-refractivity contribution in [3.8, 4) is 0 Å². The predicted molar refractivity (Wildman–Crippen MR) is 97.0 cm³/mol. The standard InChI is InChI=1S/C18H23ClN4O/c1-10-7-23-13(8-21(10)4)9-24-18-12(3)22(5)16-14(17(18)23)6-20-11(2)15(16)19/h6,10,13H,3,7-9H2,1-2,4-5H3. The molecule has 0 radical (unpaired) electrons. The van der Waals surface area contributed by atoms with E-state index < -0.39 is 0 Å². The number of piperazine rings is 1. The molecule has 1 fully saturated rings. The van der Waals surface area contributed by atoms with Crippen LogP contribution in [0.2, 0.25) is 5.02 Å². The van der Waals surface area contributed by atoms with Gasteiger partial charge < -0.3 is 14.5 Å². The summed E-state index contributed by atoms with van der Waals surface area (Å²) in [6.07, 6.45) is 1.92. The first-order chi connectivity index (χ1) is 11.4. The third-order valence-corrected chi connectivity index (χ3v) is 5.95. The minimum atomic E-state index is 0.342. The van der Waals surface area contributed by atoms with Gasteiger partial charge in [0.15, 0.2) is 5.76 Å². The molecule has 2 atom stereocenters. The van der Waals surface area contributed by atoms with Gasteiger partial charge in [0.2, 0.25) is 0 Å². The molecule has 0 aromatic carbocycles. The molecular formula is C18H23ClN4O. The number of hydrogen-bond acceptors (Lipinski definition) is 5. The molecule has 1 aromatic heterocycles. The van der Waals surface area contributed by atoms with Crippen molar-refractivity contribution in [2.75, 3.05) is 38.7 Å². The Morgan fingerprint density at radius 3 is 2.83 bits per heavy atom. The number of fused-ring (bicyclic) bond motifs is 4. The van der Waals surface area contributed by atoms with Gasteiger partial charge in [-0.15, -0.1) is 0 Å². The monoisotopic (exact) mass is 346 g/mol. The number of rotatable bonds is 0. The zero-order chi connectivity index (χ0) is 17.2. The summed E-state index contributed by atoms with van der Waals surface area (Å²) in [6, 6.07) is 0.826.